The minimum atomic E-state index is 0.391. The third-order valence-electron chi connectivity index (χ3n) is 3.59. The average molecular weight is 280 g/mol. The number of rotatable bonds is 3. The maximum absolute atomic E-state index is 8.79. The number of pyridine rings is 1. The number of aromatic nitrogens is 3. The molecule has 2 aromatic heterocycles. The minimum absolute atomic E-state index is 0.391. The van der Waals surface area contributed by atoms with E-state index >= 15 is 0 Å². The number of nitrogens with one attached hydrogen (secondary N) is 1. The Morgan fingerprint density at radius 2 is 1.90 bits per heavy atom. The molecule has 0 bridgehead atoms. The van der Waals surface area contributed by atoms with E-state index in [0.29, 0.717) is 17.6 Å². The molecule has 0 amide bonds. The lowest BCUT2D eigenvalue weighted by molar-refractivity contribution is 0.521. The normalized spacial score (nSPS) is 15.5. The average Bonchev–Trinajstić information content (AvgIpc) is 2.57. The molecule has 0 radical (unpaired) electrons. The van der Waals surface area contributed by atoms with Gasteiger partial charge >= 0.3 is 0 Å². The van der Waals surface area contributed by atoms with E-state index in [-0.39, 0.29) is 0 Å². The van der Waals surface area contributed by atoms with E-state index in [0.717, 1.165) is 31.7 Å². The van der Waals surface area contributed by atoms with Crippen LogP contribution in [0.15, 0.2) is 36.8 Å². The van der Waals surface area contributed by atoms with Crippen molar-refractivity contribution in [3.63, 3.8) is 0 Å². The van der Waals surface area contributed by atoms with Crippen molar-refractivity contribution in [2.45, 2.75) is 18.9 Å². The van der Waals surface area contributed by atoms with Crippen molar-refractivity contribution in [3.05, 3.63) is 42.4 Å². The molecule has 1 N–H and O–H groups in total. The van der Waals surface area contributed by atoms with Gasteiger partial charge in [0.2, 0.25) is 5.95 Å². The Morgan fingerprint density at radius 3 is 2.52 bits per heavy atom. The van der Waals surface area contributed by atoms with E-state index in [4.69, 9.17) is 5.26 Å². The van der Waals surface area contributed by atoms with Crippen LogP contribution in [-0.2, 0) is 0 Å². The summed E-state index contributed by atoms with van der Waals surface area (Å²) < 4.78 is 0. The highest BCUT2D eigenvalue weighted by molar-refractivity contribution is 5.42. The van der Waals surface area contributed by atoms with E-state index in [1.165, 1.54) is 0 Å². The van der Waals surface area contributed by atoms with E-state index in [1.54, 1.807) is 18.6 Å². The lowest BCUT2D eigenvalue weighted by Gasteiger charge is -2.33. The van der Waals surface area contributed by atoms with Gasteiger partial charge in [-0.2, -0.15) is 5.26 Å². The largest absolute Gasteiger partial charge is 0.356 e. The third kappa shape index (κ3) is 3.26. The molecule has 3 rings (SSSR count). The van der Waals surface area contributed by atoms with Gasteiger partial charge in [0, 0.05) is 37.7 Å². The second-order valence-electron chi connectivity index (χ2n) is 4.99. The fourth-order valence-electron chi connectivity index (χ4n) is 2.45. The van der Waals surface area contributed by atoms with Gasteiger partial charge in [0.05, 0.1) is 5.56 Å². The van der Waals surface area contributed by atoms with Gasteiger partial charge in [-0.1, -0.05) is 0 Å². The molecule has 3 heterocycles. The molecule has 1 saturated heterocycles. The van der Waals surface area contributed by atoms with Crippen LogP contribution < -0.4 is 10.2 Å². The summed E-state index contributed by atoms with van der Waals surface area (Å²) in [6.45, 7) is 1.87. The molecule has 1 fully saturated rings. The Balaban J connectivity index is 1.56. The van der Waals surface area contributed by atoms with Crippen LogP contribution in [0.25, 0.3) is 0 Å². The van der Waals surface area contributed by atoms with Crippen molar-refractivity contribution in [1.82, 2.24) is 15.0 Å². The highest BCUT2D eigenvalue weighted by Crippen LogP contribution is 2.19. The molecule has 2 aromatic rings. The van der Waals surface area contributed by atoms with E-state index in [1.807, 2.05) is 18.2 Å². The Labute approximate surface area is 123 Å². The minimum Gasteiger partial charge on any atom is -0.356 e. The predicted octanol–water partition coefficient (Wildman–Crippen LogP) is 1.82. The second kappa shape index (κ2) is 6.18. The van der Waals surface area contributed by atoms with Gasteiger partial charge in [-0.05, 0) is 31.0 Å². The molecule has 1 aliphatic heterocycles. The van der Waals surface area contributed by atoms with Crippen LogP contribution >= 0.6 is 0 Å². The summed E-state index contributed by atoms with van der Waals surface area (Å²) in [6.07, 6.45) is 7.13. The van der Waals surface area contributed by atoms with Crippen molar-refractivity contribution < 1.29 is 0 Å². The standard InChI is InChI=1S/C15H16N6/c16-10-12-2-3-14(19-11-12)21-8-4-13(5-9-21)20-15-17-6-1-7-18-15/h1-3,6-7,11,13H,4-5,8-9H2,(H,17,18,20). The van der Waals surface area contributed by atoms with Crippen molar-refractivity contribution in [3.8, 4) is 6.07 Å². The molecule has 6 nitrogen and oxygen atoms in total. The first-order valence-electron chi connectivity index (χ1n) is 7.00. The van der Waals surface area contributed by atoms with Crippen LogP contribution in [0, 0.1) is 11.3 Å². The SMILES string of the molecule is N#Cc1ccc(N2CCC(Nc3ncccn3)CC2)nc1. The maximum Gasteiger partial charge on any atom is 0.222 e. The number of hydrogen-bond acceptors (Lipinski definition) is 6. The highest BCUT2D eigenvalue weighted by Gasteiger charge is 2.20. The summed E-state index contributed by atoms with van der Waals surface area (Å²) >= 11 is 0. The highest BCUT2D eigenvalue weighted by atomic mass is 15.2. The monoisotopic (exact) mass is 280 g/mol. The van der Waals surface area contributed by atoms with Gasteiger partial charge in [-0.3, -0.25) is 0 Å². The Hall–Kier alpha value is -2.68. The second-order valence-corrected chi connectivity index (χ2v) is 4.99. The molecule has 0 atom stereocenters. The van der Waals surface area contributed by atoms with Gasteiger partial charge in [-0.15, -0.1) is 0 Å². The number of nitriles is 1. The van der Waals surface area contributed by atoms with Crippen molar-refractivity contribution in [2.75, 3.05) is 23.3 Å². The first-order chi connectivity index (χ1) is 10.3. The van der Waals surface area contributed by atoms with Crippen LogP contribution in [0.5, 0.6) is 0 Å². The van der Waals surface area contributed by atoms with E-state index in [2.05, 4.69) is 31.2 Å². The number of piperidine rings is 1. The quantitative estimate of drug-likeness (QED) is 0.924. The zero-order chi connectivity index (χ0) is 14.5. The fourth-order valence-corrected chi connectivity index (χ4v) is 2.45. The molecular formula is C15H16N6. The molecule has 0 aromatic carbocycles. The van der Waals surface area contributed by atoms with E-state index < -0.39 is 0 Å². The van der Waals surface area contributed by atoms with E-state index in [9.17, 15) is 0 Å². The van der Waals surface area contributed by atoms with Crippen molar-refractivity contribution in [1.29, 1.82) is 5.26 Å². The lowest BCUT2D eigenvalue weighted by Crippen LogP contribution is -2.39. The summed E-state index contributed by atoms with van der Waals surface area (Å²) in [5.74, 6) is 1.62. The van der Waals surface area contributed by atoms with Gasteiger partial charge < -0.3 is 10.2 Å². The Bertz CT molecular complexity index is 611. The summed E-state index contributed by atoms with van der Waals surface area (Å²) in [4.78, 5) is 15.0. The maximum atomic E-state index is 8.79. The van der Waals surface area contributed by atoms with Crippen molar-refractivity contribution in [2.24, 2.45) is 0 Å². The predicted molar refractivity (Wildman–Crippen MR) is 79.8 cm³/mol. The first kappa shape index (κ1) is 13.3. The van der Waals surface area contributed by atoms with Crippen LogP contribution in [0.1, 0.15) is 18.4 Å². The summed E-state index contributed by atoms with van der Waals surface area (Å²) in [5.41, 5.74) is 0.594. The molecule has 1 aliphatic rings. The number of anilines is 2. The lowest BCUT2D eigenvalue weighted by atomic mass is 10.1. The van der Waals surface area contributed by atoms with Gasteiger partial charge in [0.15, 0.2) is 0 Å². The van der Waals surface area contributed by atoms with Crippen molar-refractivity contribution >= 4 is 11.8 Å². The van der Waals surface area contributed by atoms with Crippen LogP contribution in [0.4, 0.5) is 11.8 Å². The summed E-state index contributed by atoms with van der Waals surface area (Å²) in [7, 11) is 0. The zero-order valence-corrected chi connectivity index (χ0v) is 11.6. The molecular weight excluding hydrogens is 264 g/mol. The Kier molecular flexibility index (Phi) is 3.92. The fraction of sp³-hybridized carbons (Fsp3) is 0.333. The smallest absolute Gasteiger partial charge is 0.222 e. The molecule has 0 spiro atoms. The number of hydrogen-bond donors (Lipinski definition) is 1. The van der Waals surface area contributed by atoms with Gasteiger partial charge in [0.1, 0.15) is 11.9 Å². The molecule has 0 aliphatic carbocycles. The number of nitrogens with zero attached hydrogens (tertiary/aromatic N) is 5. The molecule has 106 valence electrons. The van der Waals surface area contributed by atoms with Gasteiger partial charge in [-0.25, -0.2) is 15.0 Å². The summed E-state index contributed by atoms with van der Waals surface area (Å²) in [6, 6.07) is 8.01. The van der Waals surface area contributed by atoms with Crippen LogP contribution in [0.3, 0.4) is 0 Å². The zero-order valence-electron chi connectivity index (χ0n) is 11.6. The molecule has 6 heteroatoms. The Morgan fingerprint density at radius 1 is 1.14 bits per heavy atom. The van der Waals surface area contributed by atoms with Crippen LogP contribution in [-0.4, -0.2) is 34.1 Å². The topological polar surface area (TPSA) is 77.7 Å². The van der Waals surface area contributed by atoms with Gasteiger partial charge in [0.25, 0.3) is 0 Å². The third-order valence-corrected chi connectivity index (χ3v) is 3.59. The molecule has 21 heavy (non-hydrogen) atoms. The summed E-state index contributed by atoms with van der Waals surface area (Å²) in [5, 5.41) is 12.1. The first-order valence-corrected chi connectivity index (χ1v) is 7.00. The molecule has 0 saturated carbocycles. The molecule has 0 unspecified atom stereocenters. The van der Waals surface area contributed by atoms with Crippen LogP contribution in [0.2, 0.25) is 0 Å².